The van der Waals surface area contributed by atoms with Gasteiger partial charge in [0.1, 0.15) is 11.6 Å². The van der Waals surface area contributed by atoms with Crippen molar-refractivity contribution in [2.75, 3.05) is 7.05 Å². The van der Waals surface area contributed by atoms with Gasteiger partial charge in [-0.15, -0.1) is 0 Å². The van der Waals surface area contributed by atoms with Gasteiger partial charge in [0.2, 0.25) is 0 Å². The molecule has 0 aliphatic carbocycles. The Balaban J connectivity index is 2.35. The lowest BCUT2D eigenvalue weighted by atomic mass is 10.1. The Morgan fingerprint density at radius 3 is 2.80 bits per heavy atom. The lowest BCUT2D eigenvalue weighted by Gasteiger charge is -2.03. The summed E-state index contributed by atoms with van der Waals surface area (Å²) in [7, 11) is 1.83. The molecule has 0 bridgehead atoms. The third kappa shape index (κ3) is 2.07. The molecule has 0 unspecified atom stereocenters. The molecule has 0 aliphatic heterocycles. The van der Waals surface area contributed by atoms with Crippen molar-refractivity contribution in [3.8, 4) is 11.3 Å². The quantitative estimate of drug-likeness (QED) is 0.833. The van der Waals surface area contributed by atoms with Gasteiger partial charge >= 0.3 is 0 Å². The lowest BCUT2D eigenvalue weighted by Crippen LogP contribution is -2.05. The summed E-state index contributed by atoms with van der Waals surface area (Å²) in [5, 5.41) is 2.98. The molecule has 2 nitrogen and oxygen atoms in total. The van der Waals surface area contributed by atoms with Gasteiger partial charge in [0, 0.05) is 6.54 Å². The van der Waals surface area contributed by atoms with Gasteiger partial charge in [-0.05, 0) is 36.9 Å². The van der Waals surface area contributed by atoms with Crippen LogP contribution in [-0.4, -0.2) is 7.05 Å². The van der Waals surface area contributed by atoms with Crippen LogP contribution >= 0.6 is 0 Å². The van der Waals surface area contributed by atoms with Gasteiger partial charge in [-0.1, -0.05) is 6.07 Å². The topological polar surface area (TPSA) is 25.2 Å². The fraction of sp³-hybridized carbons (Fsp3) is 0.167. The highest BCUT2D eigenvalue weighted by Gasteiger charge is 2.07. The van der Waals surface area contributed by atoms with E-state index in [0.29, 0.717) is 17.9 Å². The number of hydrogen-bond acceptors (Lipinski definition) is 2. The smallest absolute Gasteiger partial charge is 0.136 e. The van der Waals surface area contributed by atoms with Gasteiger partial charge in [0.15, 0.2) is 0 Å². The minimum atomic E-state index is -0.252. The van der Waals surface area contributed by atoms with Crippen molar-refractivity contribution in [1.82, 2.24) is 5.32 Å². The Kier molecular flexibility index (Phi) is 2.83. The Morgan fingerprint density at radius 1 is 1.33 bits per heavy atom. The van der Waals surface area contributed by atoms with Gasteiger partial charge < -0.3 is 9.73 Å². The second-order valence-corrected chi connectivity index (χ2v) is 3.32. The third-order valence-corrected chi connectivity index (χ3v) is 2.20. The zero-order valence-corrected chi connectivity index (χ0v) is 8.46. The molecule has 0 saturated carbocycles. The number of nitrogens with one attached hydrogen (secondary N) is 1. The molecule has 0 atom stereocenters. The van der Waals surface area contributed by atoms with E-state index >= 15 is 0 Å². The molecule has 0 fully saturated rings. The molecule has 78 valence electrons. The molecule has 1 aromatic carbocycles. The minimum absolute atomic E-state index is 0.252. The molecule has 1 N–H and O–H groups in total. The Morgan fingerprint density at radius 2 is 2.20 bits per heavy atom. The third-order valence-electron chi connectivity index (χ3n) is 2.20. The van der Waals surface area contributed by atoms with Gasteiger partial charge in [-0.25, -0.2) is 4.39 Å². The first-order chi connectivity index (χ1) is 7.31. The second kappa shape index (κ2) is 4.28. The van der Waals surface area contributed by atoms with Gasteiger partial charge in [0.05, 0.1) is 11.8 Å². The standard InChI is InChI=1S/C12H12FNO/c1-14-8-9-4-5-10(11(13)7-9)12-3-2-6-15-12/h2-7,14H,8H2,1H3. The van der Waals surface area contributed by atoms with Crippen LogP contribution in [0.15, 0.2) is 41.0 Å². The molecule has 15 heavy (non-hydrogen) atoms. The number of hydrogen-bond donors (Lipinski definition) is 1. The molecular formula is C12H12FNO. The monoisotopic (exact) mass is 205 g/mol. The van der Waals surface area contributed by atoms with Crippen molar-refractivity contribution >= 4 is 0 Å². The van der Waals surface area contributed by atoms with Crippen molar-refractivity contribution in [3.05, 3.63) is 48.0 Å². The maximum atomic E-state index is 13.6. The Bertz CT molecular complexity index is 437. The van der Waals surface area contributed by atoms with E-state index in [9.17, 15) is 4.39 Å². The van der Waals surface area contributed by atoms with Crippen molar-refractivity contribution in [2.45, 2.75) is 6.54 Å². The zero-order valence-electron chi connectivity index (χ0n) is 8.46. The molecule has 2 aromatic rings. The van der Waals surface area contributed by atoms with E-state index in [1.807, 2.05) is 13.1 Å². The summed E-state index contributed by atoms with van der Waals surface area (Å²) in [5.41, 5.74) is 1.42. The highest BCUT2D eigenvalue weighted by atomic mass is 19.1. The Hall–Kier alpha value is -1.61. The van der Waals surface area contributed by atoms with Crippen LogP contribution in [0.5, 0.6) is 0 Å². The van der Waals surface area contributed by atoms with Crippen LogP contribution in [0.3, 0.4) is 0 Å². The van der Waals surface area contributed by atoms with Crippen molar-refractivity contribution in [3.63, 3.8) is 0 Å². The SMILES string of the molecule is CNCc1ccc(-c2ccco2)c(F)c1. The first-order valence-electron chi connectivity index (χ1n) is 4.78. The number of rotatable bonds is 3. The molecule has 0 aliphatic rings. The number of halogens is 1. The number of benzene rings is 1. The van der Waals surface area contributed by atoms with Crippen molar-refractivity contribution in [1.29, 1.82) is 0 Å². The summed E-state index contributed by atoms with van der Waals surface area (Å²) in [6, 6.07) is 8.64. The average Bonchev–Trinajstić information content (AvgIpc) is 2.71. The van der Waals surface area contributed by atoms with E-state index < -0.39 is 0 Å². The van der Waals surface area contributed by atoms with Crippen molar-refractivity contribution < 1.29 is 8.81 Å². The zero-order chi connectivity index (χ0) is 10.7. The fourth-order valence-corrected chi connectivity index (χ4v) is 1.50. The van der Waals surface area contributed by atoms with Crippen LogP contribution < -0.4 is 5.32 Å². The summed E-state index contributed by atoms with van der Waals surface area (Å²) in [6.45, 7) is 0.662. The van der Waals surface area contributed by atoms with Crippen molar-refractivity contribution in [2.24, 2.45) is 0 Å². The predicted octanol–water partition coefficient (Wildman–Crippen LogP) is 2.81. The molecule has 2 rings (SSSR count). The molecule has 1 heterocycles. The average molecular weight is 205 g/mol. The fourth-order valence-electron chi connectivity index (χ4n) is 1.50. The van der Waals surface area contributed by atoms with Crippen LogP contribution in [0.4, 0.5) is 4.39 Å². The normalized spacial score (nSPS) is 10.5. The predicted molar refractivity (Wildman–Crippen MR) is 56.9 cm³/mol. The van der Waals surface area contributed by atoms with Gasteiger partial charge in [-0.2, -0.15) is 0 Å². The first-order valence-corrected chi connectivity index (χ1v) is 4.78. The maximum Gasteiger partial charge on any atom is 0.136 e. The molecule has 0 radical (unpaired) electrons. The highest BCUT2D eigenvalue weighted by Crippen LogP contribution is 2.23. The summed E-state index contributed by atoms with van der Waals surface area (Å²) >= 11 is 0. The molecule has 0 saturated heterocycles. The molecular weight excluding hydrogens is 193 g/mol. The number of furan rings is 1. The summed E-state index contributed by atoms with van der Waals surface area (Å²) in [5.74, 6) is 0.307. The van der Waals surface area contributed by atoms with Crippen LogP contribution in [-0.2, 0) is 6.54 Å². The Labute approximate surface area is 87.7 Å². The van der Waals surface area contributed by atoms with E-state index in [1.165, 1.54) is 12.3 Å². The molecule has 3 heteroatoms. The van der Waals surface area contributed by atoms with E-state index in [-0.39, 0.29) is 5.82 Å². The summed E-state index contributed by atoms with van der Waals surface area (Å²) in [4.78, 5) is 0. The van der Waals surface area contributed by atoms with Crippen LogP contribution in [0.25, 0.3) is 11.3 Å². The minimum Gasteiger partial charge on any atom is -0.464 e. The lowest BCUT2D eigenvalue weighted by molar-refractivity contribution is 0.568. The second-order valence-electron chi connectivity index (χ2n) is 3.32. The van der Waals surface area contributed by atoms with Crippen LogP contribution in [0.2, 0.25) is 0 Å². The van der Waals surface area contributed by atoms with Gasteiger partial charge in [-0.3, -0.25) is 0 Å². The van der Waals surface area contributed by atoms with Crippen LogP contribution in [0, 0.1) is 5.82 Å². The van der Waals surface area contributed by atoms with E-state index in [2.05, 4.69) is 5.32 Å². The molecule has 0 spiro atoms. The summed E-state index contributed by atoms with van der Waals surface area (Å²) < 4.78 is 18.8. The van der Waals surface area contributed by atoms with E-state index in [0.717, 1.165) is 5.56 Å². The first kappa shape index (κ1) is 9.93. The largest absolute Gasteiger partial charge is 0.464 e. The highest BCUT2D eigenvalue weighted by molar-refractivity contribution is 5.58. The van der Waals surface area contributed by atoms with Gasteiger partial charge in [0.25, 0.3) is 0 Å². The summed E-state index contributed by atoms with van der Waals surface area (Å²) in [6.07, 6.45) is 1.54. The molecule has 0 amide bonds. The van der Waals surface area contributed by atoms with E-state index in [1.54, 1.807) is 18.2 Å². The molecule has 1 aromatic heterocycles. The van der Waals surface area contributed by atoms with Crippen LogP contribution in [0.1, 0.15) is 5.56 Å². The maximum absolute atomic E-state index is 13.6. The van der Waals surface area contributed by atoms with E-state index in [4.69, 9.17) is 4.42 Å².